The molecule has 0 aliphatic heterocycles. The zero-order valence-corrected chi connectivity index (χ0v) is 11.1. The van der Waals surface area contributed by atoms with Crippen molar-refractivity contribution >= 4 is 24.3 Å². The van der Waals surface area contributed by atoms with Crippen molar-refractivity contribution in [2.75, 3.05) is 0 Å². The van der Waals surface area contributed by atoms with E-state index in [4.69, 9.17) is 0 Å². The first kappa shape index (κ1) is 12.7. The van der Waals surface area contributed by atoms with E-state index in [-0.39, 0.29) is 11.4 Å². The summed E-state index contributed by atoms with van der Waals surface area (Å²) in [6.07, 6.45) is 0. The van der Waals surface area contributed by atoms with Crippen molar-refractivity contribution in [1.29, 1.82) is 0 Å². The van der Waals surface area contributed by atoms with E-state index in [1.54, 1.807) is 24.3 Å². The summed E-state index contributed by atoms with van der Waals surface area (Å²) in [6, 6.07) is 7.03. The maximum Gasteiger partial charge on any atom is 0.159 e. The van der Waals surface area contributed by atoms with Gasteiger partial charge in [-0.3, -0.25) is 4.79 Å². The third kappa shape index (κ3) is 3.33. The van der Waals surface area contributed by atoms with Gasteiger partial charge in [0.1, 0.15) is 5.41 Å². The first-order valence-electron chi connectivity index (χ1n) is 4.66. The van der Waals surface area contributed by atoms with Crippen molar-refractivity contribution in [2.45, 2.75) is 24.9 Å². The highest BCUT2D eigenvalue weighted by Crippen LogP contribution is 2.41. The molecule has 1 nitrogen and oxygen atoms in total. The molecule has 82 valence electrons. The van der Waals surface area contributed by atoms with E-state index >= 15 is 0 Å². The lowest BCUT2D eigenvalue weighted by molar-refractivity contribution is 0.101. The summed E-state index contributed by atoms with van der Waals surface area (Å²) in [5.74, 6) is 0.0238. The van der Waals surface area contributed by atoms with Crippen LogP contribution in [0.5, 0.6) is 0 Å². The van der Waals surface area contributed by atoms with E-state index in [0.717, 1.165) is 5.56 Å². The summed E-state index contributed by atoms with van der Waals surface area (Å²) in [5, 5.41) is -1.36. The fourth-order valence-electron chi connectivity index (χ4n) is 1.25. The first-order chi connectivity index (χ1) is 6.82. The number of Topliss-reactive ketones (excluding diaryl/α,β-unsaturated/α-hetero) is 1. The molecule has 4 heteroatoms. The number of rotatable bonds is 3. The summed E-state index contributed by atoms with van der Waals surface area (Å²) in [4.78, 5) is 11.0. The number of alkyl halides is 1. The predicted molar refractivity (Wildman–Crippen MR) is 68.1 cm³/mol. The third-order valence-corrected chi connectivity index (χ3v) is 4.07. The predicted octanol–water partition coefficient (Wildman–Crippen LogP) is 3.37. The van der Waals surface area contributed by atoms with Gasteiger partial charge < -0.3 is 0 Å². The van der Waals surface area contributed by atoms with E-state index in [2.05, 4.69) is 18.5 Å². The average Bonchev–Trinajstić information content (AvgIpc) is 2.15. The maximum absolute atomic E-state index is 13.6. The van der Waals surface area contributed by atoms with E-state index in [9.17, 15) is 9.18 Å². The number of halogens is 1. The average molecular weight is 244 g/mol. The molecular weight excluding hydrogens is 229 g/mol. The maximum atomic E-state index is 13.6. The summed E-state index contributed by atoms with van der Waals surface area (Å²) in [7, 11) is 4.66. The van der Waals surface area contributed by atoms with Gasteiger partial charge in [0.05, 0.1) is 0 Å². The molecule has 0 radical (unpaired) electrons. The molecule has 0 aliphatic carbocycles. The Hall–Kier alpha value is -0.320. The fourth-order valence-corrected chi connectivity index (χ4v) is 1.67. The lowest BCUT2D eigenvalue weighted by atomic mass is 10.0. The molecule has 0 N–H and O–H groups in total. The summed E-state index contributed by atoms with van der Waals surface area (Å²) < 4.78 is 13.6. The quantitative estimate of drug-likeness (QED) is 0.588. The smallest absolute Gasteiger partial charge is 0.159 e. The van der Waals surface area contributed by atoms with Gasteiger partial charge in [-0.05, 0) is 19.4 Å². The Bertz CT molecular complexity index is 354. The topological polar surface area (TPSA) is 17.1 Å². The van der Waals surface area contributed by atoms with Gasteiger partial charge in [-0.25, -0.2) is 4.39 Å². The highest BCUT2D eigenvalue weighted by molar-refractivity contribution is 7.23. The summed E-state index contributed by atoms with van der Waals surface area (Å²) >= 11 is 0. The third-order valence-electron chi connectivity index (χ3n) is 2.28. The molecule has 1 rings (SSSR count). The van der Waals surface area contributed by atoms with Crippen LogP contribution in [0.15, 0.2) is 24.3 Å². The Labute approximate surface area is 94.2 Å². The molecule has 1 aromatic rings. The lowest BCUT2D eigenvalue weighted by Crippen LogP contribution is -2.14. The molecule has 0 aliphatic rings. The van der Waals surface area contributed by atoms with Crippen LogP contribution in [0.25, 0.3) is 0 Å². The van der Waals surface area contributed by atoms with Crippen molar-refractivity contribution in [3.05, 3.63) is 35.4 Å². The van der Waals surface area contributed by atoms with Crippen LogP contribution in [0.2, 0.25) is 0 Å². The second-order valence-corrected chi connectivity index (χ2v) is 5.60. The van der Waals surface area contributed by atoms with E-state index in [1.807, 2.05) is 0 Å². The number of carbonyl (C=O) groups excluding carboxylic acids is 1. The van der Waals surface area contributed by atoms with E-state index in [1.165, 1.54) is 13.8 Å². The molecule has 4 atom stereocenters. The zero-order valence-electron chi connectivity index (χ0n) is 8.83. The number of hydrogen-bond acceptors (Lipinski definition) is 1. The Kier molecular flexibility index (Phi) is 3.98. The van der Waals surface area contributed by atoms with Gasteiger partial charge in [-0.2, -0.15) is 0 Å². The zero-order chi connectivity index (χ0) is 11.6. The molecule has 0 heterocycles. The highest BCUT2D eigenvalue weighted by Gasteiger charge is 2.26. The summed E-state index contributed by atoms with van der Waals surface area (Å²) in [6.45, 7) is 3.02. The van der Waals surface area contributed by atoms with Crippen LogP contribution in [0, 0.1) is 0 Å². The monoisotopic (exact) mass is 244 g/mol. The van der Waals surface area contributed by atoms with Crippen LogP contribution >= 0.6 is 18.5 Å². The van der Waals surface area contributed by atoms with Gasteiger partial charge in [0, 0.05) is 11.2 Å². The normalized spacial score (nSPS) is 16.9. The summed E-state index contributed by atoms with van der Waals surface area (Å²) in [5.41, 5.74) is 1.23. The van der Waals surface area contributed by atoms with Crippen LogP contribution in [0.3, 0.4) is 0 Å². The van der Waals surface area contributed by atoms with Gasteiger partial charge >= 0.3 is 0 Å². The second-order valence-electron chi connectivity index (χ2n) is 3.81. The molecule has 0 saturated heterocycles. The van der Waals surface area contributed by atoms with Crippen LogP contribution in [-0.4, -0.2) is 11.2 Å². The first-order valence-corrected chi connectivity index (χ1v) is 5.91. The van der Waals surface area contributed by atoms with Crippen molar-refractivity contribution < 1.29 is 9.18 Å². The van der Waals surface area contributed by atoms with Gasteiger partial charge in [0.15, 0.2) is 5.78 Å². The van der Waals surface area contributed by atoms with Crippen LogP contribution in [0.1, 0.15) is 35.4 Å². The molecule has 0 fully saturated rings. The van der Waals surface area contributed by atoms with Crippen LogP contribution in [0.4, 0.5) is 4.39 Å². The molecule has 15 heavy (non-hydrogen) atoms. The second kappa shape index (κ2) is 4.68. The largest absolute Gasteiger partial charge is 0.295 e. The molecule has 0 aromatic heterocycles. The van der Waals surface area contributed by atoms with Gasteiger partial charge in [0.2, 0.25) is 0 Å². The number of benzene rings is 1. The Morgan fingerprint density at radius 3 is 2.20 bits per heavy atom. The van der Waals surface area contributed by atoms with Crippen LogP contribution in [-0.2, 0) is 0 Å². The minimum absolute atomic E-state index is 0.0238. The number of hydrogen-bond donors (Lipinski definition) is 0. The molecule has 0 spiro atoms. The molecule has 4 unspecified atom stereocenters. The van der Waals surface area contributed by atoms with Gasteiger partial charge in [-0.1, -0.05) is 33.5 Å². The minimum atomic E-state index is -1.36. The van der Waals surface area contributed by atoms with Gasteiger partial charge in [-0.15, -0.1) is 9.24 Å². The minimum Gasteiger partial charge on any atom is -0.295 e. The molecular formula is C11H15FOP2. The van der Waals surface area contributed by atoms with Crippen molar-refractivity contribution in [3.63, 3.8) is 0 Å². The van der Waals surface area contributed by atoms with Crippen molar-refractivity contribution in [2.24, 2.45) is 0 Å². The molecule has 1 aromatic carbocycles. The van der Waals surface area contributed by atoms with Crippen LogP contribution < -0.4 is 0 Å². The Morgan fingerprint density at radius 1 is 1.40 bits per heavy atom. The Balaban J connectivity index is 2.94. The van der Waals surface area contributed by atoms with E-state index in [0.29, 0.717) is 5.56 Å². The number of ketones is 1. The van der Waals surface area contributed by atoms with Crippen molar-refractivity contribution in [3.8, 4) is 0 Å². The highest BCUT2D eigenvalue weighted by atomic mass is 31.0. The fraction of sp³-hybridized carbons (Fsp3) is 0.364. The molecule has 0 saturated carbocycles. The SMILES string of the molecule is CC(=O)c1ccc(C(P)C(C)(F)P)cc1. The lowest BCUT2D eigenvalue weighted by Gasteiger charge is -2.23. The van der Waals surface area contributed by atoms with Gasteiger partial charge in [0.25, 0.3) is 0 Å². The van der Waals surface area contributed by atoms with Crippen molar-refractivity contribution in [1.82, 2.24) is 0 Å². The Morgan fingerprint density at radius 2 is 1.87 bits per heavy atom. The standard InChI is InChI=1S/C11H15FOP2/c1-7(13)8-3-5-9(6-4-8)10(14)11(2,12)15/h3-6,10H,14-15H2,1-2H3. The molecule has 0 bridgehead atoms. The van der Waals surface area contributed by atoms with E-state index < -0.39 is 5.41 Å². The molecule has 0 amide bonds. The number of carbonyl (C=O) groups is 1.